The molecular formula is C55H43NOSSi. The van der Waals surface area contributed by atoms with Crippen molar-refractivity contribution in [2.24, 2.45) is 0 Å². The predicted octanol–water partition coefficient (Wildman–Crippen LogP) is 11.5. The van der Waals surface area contributed by atoms with Crippen LogP contribution in [-0.4, -0.2) is 19.8 Å². The monoisotopic (exact) mass is 793 g/mol. The van der Waals surface area contributed by atoms with E-state index in [2.05, 4.69) is 247 Å². The molecule has 0 spiro atoms. The molecular weight excluding hydrogens is 751 g/mol. The first kappa shape index (κ1) is 36.5. The van der Waals surface area contributed by atoms with Crippen molar-refractivity contribution in [1.29, 1.82) is 0 Å². The van der Waals surface area contributed by atoms with E-state index in [1.165, 1.54) is 62.1 Å². The molecule has 0 aliphatic carbocycles. The smallest absolute Gasteiger partial charge is 0.179 e. The van der Waals surface area contributed by atoms with Crippen molar-refractivity contribution in [3.63, 3.8) is 0 Å². The molecule has 0 saturated carbocycles. The lowest BCUT2D eigenvalue weighted by atomic mass is 10.1. The zero-order chi connectivity index (χ0) is 39.7. The van der Waals surface area contributed by atoms with Gasteiger partial charge in [-0.15, -0.1) is 10.0 Å². The molecule has 59 heavy (non-hydrogen) atoms. The number of aromatic nitrogens is 1. The molecule has 0 radical (unpaired) electrons. The topological polar surface area (TPSA) is 14.2 Å². The minimum absolute atomic E-state index is 0.838. The number of methoxy groups -OCH3 is 1. The number of nitrogens with zero attached hydrogens (tertiary/aromatic N) is 1. The average molecular weight is 794 g/mol. The molecule has 0 unspecified atom stereocenters. The highest BCUT2D eigenvalue weighted by molar-refractivity contribution is 8.34. The van der Waals surface area contributed by atoms with Gasteiger partial charge in [-0.1, -0.05) is 158 Å². The predicted molar refractivity (Wildman–Crippen MR) is 251 cm³/mol. The molecule has 0 amide bonds. The van der Waals surface area contributed by atoms with Crippen LogP contribution in [0.3, 0.4) is 0 Å². The van der Waals surface area contributed by atoms with Crippen LogP contribution in [0.2, 0.25) is 0 Å². The lowest BCUT2D eigenvalue weighted by molar-refractivity contribution is 0.415. The number of hydrogen-bond acceptors (Lipinski definition) is 1. The van der Waals surface area contributed by atoms with Gasteiger partial charge in [0.15, 0.2) is 8.07 Å². The molecule has 1 aromatic heterocycles. The summed E-state index contributed by atoms with van der Waals surface area (Å²) in [6, 6.07) is 90.0. The van der Waals surface area contributed by atoms with Gasteiger partial charge in [-0.3, -0.25) is 0 Å². The van der Waals surface area contributed by atoms with Crippen LogP contribution < -0.4 is 25.5 Å². The van der Waals surface area contributed by atoms with Crippen molar-refractivity contribution in [1.82, 2.24) is 4.57 Å². The Labute approximate surface area is 349 Å². The summed E-state index contributed by atoms with van der Waals surface area (Å²) in [5, 5.41) is 7.89. The van der Waals surface area contributed by atoms with E-state index in [1.54, 1.807) is 7.11 Å². The maximum atomic E-state index is 5.62. The summed E-state index contributed by atoms with van der Waals surface area (Å²) in [6.07, 6.45) is 0. The summed E-state index contributed by atoms with van der Waals surface area (Å²) in [4.78, 5) is 5.21. The van der Waals surface area contributed by atoms with Crippen molar-refractivity contribution in [2.75, 3.05) is 7.11 Å². The molecule has 10 rings (SSSR count). The highest BCUT2D eigenvalue weighted by atomic mass is 32.3. The van der Waals surface area contributed by atoms with Gasteiger partial charge in [-0.2, -0.15) is 0 Å². The van der Waals surface area contributed by atoms with Gasteiger partial charge in [-0.05, 0) is 106 Å². The lowest BCUT2D eigenvalue weighted by Crippen LogP contribution is -2.74. The van der Waals surface area contributed by atoms with Crippen molar-refractivity contribution in [3.05, 3.63) is 243 Å². The third kappa shape index (κ3) is 6.03. The van der Waals surface area contributed by atoms with Crippen molar-refractivity contribution in [3.8, 4) is 11.4 Å². The Hall–Kier alpha value is -6.85. The van der Waals surface area contributed by atoms with Gasteiger partial charge in [0, 0.05) is 36.0 Å². The highest BCUT2D eigenvalue weighted by Crippen LogP contribution is 2.73. The number of fused-ring (bicyclic) bond motifs is 3. The summed E-state index contributed by atoms with van der Waals surface area (Å²) in [5.41, 5.74) is 3.43. The number of hydrogen-bond donors (Lipinski definition) is 0. The number of rotatable bonds is 10. The summed E-state index contributed by atoms with van der Waals surface area (Å²) in [6.45, 7) is 0. The van der Waals surface area contributed by atoms with Crippen LogP contribution in [0.5, 0.6) is 5.75 Å². The Kier molecular flexibility index (Phi) is 9.57. The molecule has 0 atom stereocenters. The van der Waals surface area contributed by atoms with E-state index in [4.69, 9.17) is 4.74 Å². The molecule has 1 heterocycles. The fourth-order valence-corrected chi connectivity index (χ4v) is 17.9. The molecule has 9 aromatic carbocycles. The zero-order valence-corrected chi connectivity index (χ0v) is 34.7. The average Bonchev–Trinajstić information content (AvgIpc) is 3.65. The quantitative estimate of drug-likeness (QED) is 0.0994. The van der Waals surface area contributed by atoms with Crippen LogP contribution >= 0.6 is 10.0 Å². The van der Waals surface area contributed by atoms with Crippen LogP contribution in [-0.2, 0) is 0 Å². The van der Waals surface area contributed by atoms with Gasteiger partial charge >= 0.3 is 0 Å². The largest absolute Gasteiger partial charge is 0.497 e. The highest BCUT2D eigenvalue weighted by Gasteiger charge is 2.42. The Morgan fingerprint density at radius 3 is 1.17 bits per heavy atom. The maximum absolute atomic E-state index is 5.62. The summed E-state index contributed by atoms with van der Waals surface area (Å²) in [7, 11) is -3.01. The molecule has 0 N–H and O–H groups in total. The van der Waals surface area contributed by atoms with Gasteiger partial charge in [0.2, 0.25) is 0 Å². The fraction of sp³-hybridized carbons (Fsp3) is 0.0182. The Balaban J connectivity index is 1.34. The molecule has 0 saturated heterocycles. The summed E-state index contributed by atoms with van der Waals surface area (Å²) < 4.78 is 8.05. The Bertz CT molecular complexity index is 2610. The van der Waals surface area contributed by atoms with Gasteiger partial charge in [0.1, 0.15) is 5.75 Å². The first-order chi connectivity index (χ1) is 29.2. The zero-order valence-electron chi connectivity index (χ0n) is 32.9. The standard InChI is InChI=1S/C55H43NOSSi/c1-57-43-34-32-42(33-35-43)56-54-38-36-47(58(44-20-8-2-9-21-44,45-22-10-3-11-23-45)46-24-12-4-13-25-46)40-52(54)53-41-51(37-39-55(53)56)59(48-26-14-5-15-27-48,49-28-16-6-17-29-49)50-30-18-7-19-31-50/h2-41H,1H3. The van der Waals surface area contributed by atoms with Crippen LogP contribution in [0, 0.1) is 0 Å². The summed E-state index contributed by atoms with van der Waals surface area (Å²) in [5.74, 6) is 0.838. The van der Waals surface area contributed by atoms with Gasteiger partial charge in [-0.25, -0.2) is 0 Å². The molecule has 2 nitrogen and oxygen atoms in total. The normalized spacial score (nSPS) is 12.1. The van der Waals surface area contributed by atoms with Crippen LogP contribution in [0.4, 0.5) is 0 Å². The first-order valence-electron chi connectivity index (χ1n) is 20.1. The van der Waals surface area contributed by atoms with Crippen LogP contribution in [0.1, 0.15) is 0 Å². The van der Waals surface area contributed by atoms with E-state index < -0.39 is 18.1 Å². The lowest BCUT2D eigenvalue weighted by Gasteiger charge is -2.42. The first-order valence-corrected chi connectivity index (χ1v) is 23.7. The Morgan fingerprint density at radius 2 is 0.746 bits per heavy atom. The molecule has 0 bridgehead atoms. The minimum atomic E-state index is -2.82. The SMILES string of the molecule is COc1ccc(-n2c3ccc([Si](c4ccccc4)(c4ccccc4)c4ccccc4)cc3c3cc(S(c4ccccc4)(c4ccccc4)c4ccccc4)ccc32)cc1. The van der Waals surface area contributed by atoms with E-state index in [0.29, 0.717) is 0 Å². The number of benzene rings is 9. The third-order valence-corrected chi connectivity index (χ3v) is 20.4. The van der Waals surface area contributed by atoms with Gasteiger partial charge in [0.25, 0.3) is 0 Å². The molecule has 0 aliphatic rings. The van der Waals surface area contributed by atoms with E-state index in [-0.39, 0.29) is 0 Å². The van der Waals surface area contributed by atoms with Crippen molar-refractivity contribution >= 4 is 60.7 Å². The fourth-order valence-electron chi connectivity index (χ4n) is 9.19. The second-order valence-electron chi connectivity index (χ2n) is 14.8. The molecule has 0 aliphatic heterocycles. The van der Waals surface area contributed by atoms with E-state index in [9.17, 15) is 0 Å². The second-order valence-corrected chi connectivity index (χ2v) is 21.8. The molecule has 4 heteroatoms. The van der Waals surface area contributed by atoms with E-state index in [0.717, 1.165) is 11.4 Å². The van der Waals surface area contributed by atoms with Gasteiger partial charge in [0.05, 0.1) is 18.1 Å². The molecule has 0 fully saturated rings. The second kappa shape index (κ2) is 15.5. The van der Waals surface area contributed by atoms with E-state index >= 15 is 0 Å². The summed E-state index contributed by atoms with van der Waals surface area (Å²) >= 11 is 0. The minimum Gasteiger partial charge on any atom is -0.497 e. The van der Waals surface area contributed by atoms with Crippen LogP contribution in [0.25, 0.3) is 27.5 Å². The number of ether oxygens (including phenoxy) is 1. The van der Waals surface area contributed by atoms with E-state index in [1.807, 2.05) is 0 Å². The maximum Gasteiger partial charge on any atom is 0.179 e. The van der Waals surface area contributed by atoms with Crippen molar-refractivity contribution < 1.29 is 4.74 Å². The molecule has 284 valence electrons. The Morgan fingerprint density at radius 1 is 0.356 bits per heavy atom. The molecule has 10 aromatic rings. The van der Waals surface area contributed by atoms with Gasteiger partial charge < -0.3 is 9.30 Å². The van der Waals surface area contributed by atoms with Crippen LogP contribution in [0.15, 0.2) is 262 Å². The third-order valence-electron chi connectivity index (χ3n) is 11.8. The van der Waals surface area contributed by atoms with Crippen molar-refractivity contribution in [2.45, 2.75) is 19.6 Å².